The highest BCUT2D eigenvalue weighted by Gasteiger charge is 2.11. The van der Waals surface area contributed by atoms with Crippen molar-refractivity contribution >= 4 is 46.4 Å². The molecule has 0 saturated heterocycles. The Kier molecular flexibility index (Phi) is 5.59. The van der Waals surface area contributed by atoms with Crippen LogP contribution >= 0.6 is 46.4 Å². The van der Waals surface area contributed by atoms with E-state index in [1.54, 1.807) is 12.1 Å². The quantitative estimate of drug-likeness (QED) is 0.785. The molecule has 0 amide bonds. The Bertz CT molecular complexity index is 613. The van der Waals surface area contributed by atoms with Gasteiger partial charge in [0.2, 0.25) is 0 Å². The zero-order valence-corrected chi connectivity index (χ0v) is 13.6. The molecule has 0 aliphatic carbocycles. The summed E-state index contributed by atoms with van der Waals surface area (Å²) < 4.78 is 0. The molecule has 0 saturated carbocycles. The molecular weight excluding hydrogens is 336 g/mol. The first-order valence-corrected chi connectivity index (χ1v) is 7.61. The van der Waals surface area contributed by atoms with Gasteiger partial charge in [-0.1, -0.05) is 64.6 Å². The van der Waals surface area contributed by atoms with Crippen molar-refractivity contribution in [1.29, 1.82) is 0 Å². The van der Waals surface area contributed by atoms with Crippen LogP contribution in [0.5, 0.6) is 0 Å². The van der Waals surface area contributed by atoms with Crippen LogP contribution in [-0.4, -0.2) is 6.04 Å². The minimum absolute atomic E-state index is 0.0665. The van der Waals surface area contributed by atoms with E-state index in [0.29, 0.717) is 32.9 Å². The fourth-order valence-corrected chi connectivity index (χ4v) is 2.75. The largest absolute Gasteiger partial charge is 0.327 e. The van der Waals surface area contributed by atoms with Crippen molar-refractivity contribution in [3.63, 3.8) is 0 Å². The topological polar surface area (TPSA) is 26.0 Å². The van der Waals surface area contributed by atoms with E-state index in [1.807, 2.05) is 24.3 Å². The number of hydrogen-bond acceptors (Lipinski definition) is 1. The van der Waals surface area contributed by atoms with Crippen LogP contribution in [0.3, 0.4) is 0 Å². The lowest BCUT2D eigenvalue weighted by Gasteiger charge is -2.14. The van der Waals surface area contributed by atoms with Gasteiger partial charge in [-0.25, -0.2) is 0 Å². The standard InChI is InChI=1S/C15H13Cl4N/c16-12-5-4-9(7-14(12)18)6-11(20)8-10-2-1-3-13(17)15(10)19/h1-5,7,11H,6,8,20H2. The highest BCUT2D eigenvalue weighted by Crippen LogP contribution is 2.27. The maximum Gasteiger partial charge on any atom is 0.0624 e. The van der Waals surface area contributed by atoms with Gasteiger partial charge in [0.25, 0.3) is 0 Å². The van der Waals surface area contributed by atoms with E-state index in [1.165, 1.54) is 0 Å². The summed E-state index contributed by atoms with van der Waals surface area (Å²) in [5, 5.41) is 2.20. The van der Waals surface area contributed by atoms with Crippen LogP contribution in [0, 0.1) is 0 Å². The van der Waals surface area contributed by atoms with Crippen molar-refractivity contribution in [3.05, 3.63) is 67.6 Å². The highest BCUT2D eigenvalue weighted by molar-refractivity contribution is 6.42. The fourth-order valence-electron chi connectivity index (χ4n) is 2.03. The molecule has 106 valence electrons. The van der Waals surface area contributed by atoms with Crippen molar-refractivity contribution in [3.8, 4) is 0 Å². The maximum atomic E-state index is 6.17. The molecule has 20 heavy (non-hydrogen) atoms. The summed E-state index contributed by atoms with van der Waals surface area (Å²) in [6, 6.07) is 11.0. The van der Waals surface area contributed by atoms with Crippen molar-refractivity contribution in [2.24, 2.45) is 5.73 Å². The fraction of sp³-hybridized carbons (Fsp3) is 0.200. The number of hydrogen-bond donors (Lipinski definition) is 1. The Balaban J connectivity index is 2.07. The summed E-state index contributed by atoms with van der Waals surface area (Å²) in [5.74, 6) is 0. The van der Waals surface area contributed by atoms with Gasteiger partial charge in [-0.15, -0.1) is 0 Å². The summed E-state index contributed by atoms with van der Waals surface area (Å²) in [5.41, 5.74) is 8.16. The average Bonchev–Trinajstić information content (AvgIpc) is 2.39. The van der Waals surface area contributed by atoms with Gasteiger partial charge in [0, 0.05) is 6.04 Å². The van der Waals surface area contributed by atoms with Crippen LogP contribution in [0.4, 0.5) is 0 Å². The Labute approximate surface area is 138 Å². The summed E-state index contributed by atoms with van der Waals surface area (Å²) in [7, 11) is 0. The minimum Gasteiger partial charge on any atom is -0.327 e. The average molecular weight is 349 g/mol. The van der Waals surface area contributed by atoms with Crippen molar-refractivity contribution in [2.75, 3.05) is 0 Å². The van der Waals surface area contributed by atoms with Crippen molar-refractivity contribution < 1.29 is 0 Å². The molecule has 2 aromatic carbocycles. The lowest BCUT2D eigenvalue weighted by atomic mass is 10.00. The summed E-state index contributed by atoms with van der Waals surface area (Å²) in [6.45, 7) is 0. The molecule has 2 N–H and O–H groups in total. The van der Waals surface area contributed by atoms with Crippen LogP contribution in [-0.2, 0) is 12.8 Å². The first kappa shape index (κ1) is 15.9. The molecule has 0 heterocycles. The number of nitrogens with two attached hydrogens (primary N) is 1. The van der Waals surface area contributed by atoms with E-state index >= 15 is 0 Å². The van der Waals surface area contributed by atoms with Crippen LogP contribution in [0.25, 0.3) is 0 Å². The van der Waals surface area contributed by atoms with E-state index in [2.05, 4.69) is 0 Å². The van der Waals surface area contributed by atoms with E-state index in [9.17, 15) is 0 Å². The first-order valence-electron chi connectivity index (χ1n) is 6.09. The Morgan fingerprint density at radius 2 is 1.60 bits per heavy atom. The normalized spacial score (nSPS) is 12.4. The SMILES string of the molecule is NC(Cc1ccc(Cl)c(Cl)c1)Cc1cccc(Cl)c1Cl. The molecule has 5 heteroatoms. The molecule has 0 aliphatic heterocycles. The third kappa shape index (κ3) is 4.03. The summed E-state index contributed by atoms with van der Waals surface area (Å²) in [6.07, 6.45) is 1.35. The maximum absolute atomic E-state index is 6.17. The second-order valence-electron chi connectivity index (χ2n) is 4.63. The van der Waals surface area contributed by atoms with E-state index in [0.717, 1.165) is 11.1 Å². The zero-order chi connectivity index (χ0) is 14.7. The van der Waals surface area contributed by atoms with Crippen LogP contribution in [0.2, 0.25) is 20.1 Å². The third-order valence-corrected chi connectivity index (χ3v) is 4.59. The molecular formula is C15H13Cl4N. The molecule has 0 fully saturated rings. The monoisotopic (exact) mass is 347 g/mol. The van der Waals surface area contributed by atoms with Gasteiger partial charge >= 0.3 is 0 Å². The van der Waals surface area contributed by atoms with Gasteiger partial charge in [-0.05, 0) is 42.2 Å². The molecule has 0 radical (unpaired) electrons. The lowest BCUT2D eigenvalue weighted by molar-refractivity contribution is 0.665. The lowest BCUT2D eigenvalue weighted by Crippen LogP contribution is -2.25. The Hall–Kier alpha value is -0.440. The zero-order valence-electron chi connectivity index (χ0n) is 10.5. The van der Waals surface area contributed by atoms with Gasteiger partial charge in [0.05, 0.1) is 20.1 Å². The minimum atomic E-state index is -0.0665. The molecule has 0 bridgehead atoms. The first-order chi connectivity index (χ1) is 9.47. The molecule has 0 aromatic heterocycles. The Morgan fingerprint density at radius 3 is 2.30 bits per heavy atom. The predicted molar refractivity (Wildman–Crippen MR) is 88.3 cm³/mol. The van der Waals surface area contributed by atoms with Crippen molar-refractivity contribution in [1.82, 2.24) is 0 Å². The predicted octanol–water partition coefficient (Wildman–Crippen LogP) is 5.41. The van der Waals surface area contributed by atoms with Crippen LogP contribution in [0.15, 0.2) is 36.4 Å². The van der Waals surface area contributed by atoms with Gasteiger partial charge in [-0.3, -0.25) is 0 Å². The number of benzene rings is 2. The van der Waals surface area contributed by atoms with E-state index in [-0.39, 0.29) is 6.04 Å². The second-order valence-corrected chi connectivity index (χ2v) is 6.23. The van der Waals surface area contributed by atoms with Gasteiger partial charge in [0.15, 0.2) is 0 Å². The molecule has 0 aliphatic rings. The molecule has 0 spiro atoms. The van der Waals surface area contributed by atoms with Gasteiger partial charge < -0.3 is 5.73 Å². The summed E-state index contributed by atoms with van der Waals surface area (Å²) >= 11 is 24.0. The molecule has 1 atom stereocenters. The summed E-state index contributed by atoms with van der Waals surface area (Å²) in [4.78, 5) is 0. The molecule has 2 rings (SSSR count). The Morgan fingerprint density at radius 1 is 0.850 bits per heavy atom. The third-order valence-electron chi connectivity index (χ3n) is 3.00. The van der Waals surface area contributed by atoms with Crippen LogP contribution in [0.1, 0.15) is 11.1 Å². The number of halogens is 4. The second kappa shape index (κ2) is 7.02. The van der Waals surface area contributed by atoms with E-state index < -0.39 is 0 Å². The smallest absolute Gasteiger partial charge is 0.0624 e. The van der Waals surface area contributed by atoms with Gasteiger partial charge in [-0.2, -0.15) is 0 Å². The molecule has 1 nitrogen and oxygen atoms in total. The van der Waals surface area contributed by atoms with Crippen molar-refractivity contribution in [2.45, 2.75) is 18.9 Å². The van der Waals surface area contributed by atoms with Gasteiger partial charge in [0.1, 0.15) is 0 Å². The molecule has 1 unspecified atom stereocenters. The van der Waals surface area contributed by atoms with Crippen LogP contribution < -0.4 is 5.73 Å². The highest BCUT2D eigenvalue weighted by atomic mass is 35.5. The molecule has 2 aromatic rings. The number of rotatable bonds is 4. The van der Waals surface area contributed by atoms with E-state index in [4.69, 9.17) is 52.1 Å².